The summed E-state index contributed by atoms with van der Waals surface area (Å²) < 4.78 is 29.2. The van der Waals surface area contributed by atoms with Crippen molar-refractivity contribution < 1.29 is 13.6 Å². The van der Waals surface area contributed by atoms with Gasteiger partial charge in [0.25, 0.3) is 5.92 Å². The van der Waals surface area contributed by atoms with Gasteiger partial charge in [-0.25, -0.2) is 13.8 Å². The number of carbonyl (C=O) groups excluding carboxylic acids is 1. The lowest BCUT2D eigenvalue weighted by atomic mass is 9.87. The standard InChI is InChI=1S/C25H26F2N4O2/c1-17(31-12-11-25(26,27)21(16-31)20-8-10-23(32)29-15-20)24(33)30-22-9-7-19(14-28-22)13-18-5-3-2-4-6-18/h2-10,14-15,17,21H,11-13,16H2,1H3,(H,29,32)(H,28,30,33)/t17?,21-/m1/s1. The average molecular weight is 453 g/mol. The molecular weight excluding hydrogens is 426 g/mol. The molecule has 2 atom stereocenters. The van der Waals surface area contributed by atoms with Crippen LogP contribution in [0.5, 0.6) is 0 Å². The lowest BCUT2D eigenvalue weighted by molar-refractivity contribution is -0.125. The molecule has 8 heteroatoms. The fraction of sp³-hybridized carbons (Fsp3) is 0.320. The second kappa shape index (κ2) is 9.62. The summed E-state index contributed by atoms with van der Waals surface area (Å²) in [6, 6.07) is 15.7. The maximum Gasteiger partial charge on any atom is 0.257 e. The van der Waals surface area contributed by atoms with Crippen molar-refractivity contribution in [2.24, 2.45) is 0 Å². The van der Waals surface area contributed by atoms with Gasteiger partial charge < -0.3 is 10.3 Å². The summed E-state index contributed by atoms with van der Waals surface area (Å²) in [5, 5.41) is 2.79. The number of piperidine rings is 1. The normalized spacial score (nSPS) is 19.1. The minimum Gasteiger partial charge on any atom is -0.329 e. The van der Waals surface area contributed by atoms with Crippen LogP contribution in [-0.4, -0.2) is 45.8 Å². The van der Waals surface area contributed by atoms with Gasteiger partial charge in [0.15, 0.2) is 0 Å². The molecule has 0 bridgehead atoms. The minimum atomic E-state index is -2.92. The Hall–Kier alpha value is -3.39. The molecule has 1 aliphatic rings. The number of anilines is 1. The molecule has 1 aliphatic heterocycles. The van der Waals surface area contributed by atoms with E-state index in [0.717, 1.165) is 12.0 Å². The largest absolute Gasteiger partial charge is 0.329 e. The highest BCUT2D eigenvalue weighted by Gasteiger charge is 2.46. The van der Waals surface area contributed by atoms with Gasteiger partial charge in [-0.05, 0) is 36.1 Å². The number of halogens is 2. The number of aromatic amines is 1. The Balaban J connectivity index is 1.39. The Labute approximate surface area is 190 Å². The number of hydrogen-bond donors (Lipinski definition) is 2. The molecule has 1 unspecified atom stereocenters. The smallest absolute Gasteiger partial charge is 0.257 e. The first-order valence-electron chi connectivity index (χ1n) is 10.9. The van der Waals surface area contributed by atoms with E-state index in [1.54, 1.807) is 24.1 Å². The molecule has 0 saturated carbocycles. The number of nitrogens with one attached hydrogen (secondary N) is 2. The highest BCUT2D eigenvalue weighted by molar-refractivity contribution is 5.93. The third-order valence-corrected chi connectivity index (χ3v) is 6.12. The zero-order chi connectivity index (χ0) is 23.4. The van der Waals surface area contributed by atoms with Crippen LogP contribution < -0.4 is 10.9 Å². The highest BCUT2D eigenvalue weighted by Crippen LogP contribution is 2.40. The van der Waals surface area contributed by atoms with E-state index in [4.69, 9.17) is 0 Å². The van der Waals surface area contributed by atoms with Crippen LogP contribution in [0.15, 0.2) is 71.8 Å². The van der Waals surface area contributed by atoms with E-state index in [9.17, 15) is 18.4 Å². The van der Waals surface area contributed by atoms with Crippen LogP contribution in [0.25, 0.3) is 0 Å². The summed E-state index contributed by atoms with van der Waals surface area (Å²) in [6.07, 6.45) is 3.43. The average Bonchev–Trinajstić information content (AvgIpc) is 2.81. The number of nitrogens with zero attached hydrogens (tertiary/aromatic N) is 2. The molecule has 3 aromatic rings. The van der Waals surface area contributed by atoms with Crippen molar-refractivity contribution in [3.05, 3.63) is 94.0 Å². The first-order chi connectivity index (χ1) is 15.8. The molecule has 1 amide bonds. The molecule has 3 heterocycles. The number of amides is 1. The Morgan fingerprint density at radius 2 is 1.97 bits per heavy atom. The van der Waals surface area contributed by atoms with Crippen molar-refractivity contribution in [3.8, 4) is 0 Å². The molecular formula is C25H26F2N4O2. The van der Waals surface area contributed by atoms with Crippen molar-refractivity contribution in [1.29, 1.82) is 0 Å². The fourth-order valence-electron chi connectivity index (χ4n) is 4.10. The van der Waals surface area contributed by atoms with Crippen molar-refractivity contribution >= 4 is 11.7 Å². The summed E-state index contributed by atoms with van der Waals surface area (Å²) in [7, 11) is 0. The number of likely N-dealkylation sites (tertiary alicyclic amines) is 1. The topological polar surface area (TPSA) is 78.1 Å². The van der Waals surface area contributed by atoms with Crippen LogP contribution in [-0.2, 0) is 11.2 Å². The van der Waals surface area contributed by atoms with E-state index in [1.807, 2.05) is 36.4 Å². The maximum atomic E-state index is 14.6. The van der Waals surface area contributed by atoms with E-state index >= 15 is 0 Å². The number of carbonyl (C=O) groups is 1. The number of benzene rings is 1. The number of rotatable bonds is 6. The van der Waals surface area contributed by atoms with Crippen LogP contribution in [0, 0.1) is 0 Å². The van der Waals surface area contributed by atoms with Gasteiger partial charge in [0.2, 0.25) is 11.5 Å². The summed E-state index contributed by atoms with van der Waals surface area (Å²) in [6.45, 7) is 1.81. The number of aromatic nitrogens is 2. The summed E-state index contributed by atoms with van der Waals surface area (Å²) in [5.74, 6) is -3.90. The van der Waals surface area contributed by atoms with Crippen molar-refractivity contribution in [3.63, 3.8) is 0 Å². The molecule has 0 aliphatic carbocycles. The highest BCUT2D eigenvalue weighted by atomic mass is 19.3. The monoisotopic (exact) mass is 452 g/mol. The van der Waals surface area contributed by atoms with E-state index in [0.29, 0.717) is 11.4 Å². The molecule has 0 radical (unpaired) electrons. The van der Waals surface area contributed by atoms with Crippen LogP contribution in [0.2, 0.25) is 0 Å². The van der Waals surface area contributed by atoms with Crippen LogP contribution in [0.3, 0.4) is 0 Å². The van der Waals surface area contributed by atoms with Gasteiger partial charge in [0.05, 0.1) is 12.0 Å². The summed E-state index contributed by atoms with van der Waals surface area (Å²) in [4.78, 5) is 32.6. The summed E-state index contributed by atoms with van der Waals surface area (Å²) >= 11 is 0. The molecule has 6 nitrogen and oxygen atoms in total. The third kappa shape index (κ3) is 5.51. The Kier molecular flexibility index (Phi) is 6.65. The Morgan fingerprint density at radius 3 is 2.64 bits per heavy atom. The van der Waals surface area contributed by atoms with Gasteiger partial charge >= 0.3 is 0 Å². The molecule has 2 aromatic heterocycles. The van der Waals surface area contributed by atoms with E-state index < -0.39 is 17.9 Å². The zero-order valence-electron chi connectivity index (χ0n) is 18.3. The minimum absolute atomic E-state index is 0.0110. The molecule has 2 N–H and O–H groups in total. The van der Waals surface area contributed by atoms with Gasteiger partial charge in [-0.3, -0.25) is 14.5 Å². The molecule has 1 saturated heterocycles. The lowest BCUT2D eigenvalue weighted by Gasteiger charge is -2.40. The Bertz CT molecular complexity index is 1130. The van der Waals surface area contributed by atoms with Crippen molar-refractivity contribution in [2.45, 2.75) is 37.6 Å². The maximum absolute atomic E-state index is 14.6. The van der Waals surface area contributed by atoms with Gasteiger partial charge in [0.1, 0.15) is 5.82 Å². The zero-order valence-corrected chi connectivity index (χ0v) is 18.3. The molecule has 0 spiro atoms. The SMILES string of the molecule is CC(C(=O)Nc1ccc(Cc2ccccc2)cn1)N1CCC(F)(F)[C@@H](c2ccc(=O)[nH]c2)C1. The molecule has 1 aromatic carbocycles. The Morgan fingerprint density at radius 1 is 1.18 bits per heavy atom. The van der Waals surface area contributed by atoms with Crippen LogP contribution >= 0.6 is 0 Å². The van der Waals surface area contributed by atoms with E-state index in [2.05, 4.69) is 15.3 Å². The molecule has 1 fully saturated rings. The predicted molar refractivity (Wildman–Crippen MR) is 123 cm³/mol. The van der Waals surface area contributed by atoms with E-state index in [-0.39, 0.29) is 31.0 Å². The fourth-order valence-corrected chi connectivity index (χ4v) is 4.10. The quantitative estimate of drug-likeness (QED) is 0.596. The predicted octanol–water partition coefficient (Wildman–Crippen LogP) is 3.81. The second-order valence-corrected chi connectivity index (χ2v) is 8.42. The van der Waals surface area contributed by atoms with Gasteiger partial charge in [-0.2, -0.15) is 0 Å². The number of H-pyrrole nitrogens is 1. The van der Waals surface area contributed by atoms with Gasteiger partial charge in [-0.1, -0.05) is 42.5 Å². The number of alkyl halides is 2. The van der Waals surface area contributed by atoms with Crippen molar-refractivity contribution in [1.82, 2.24) is 14.9 Å². The van der Waals surface area contributed by atoms with Crippen LogP contribution in [0.4, 0.5) is 14.6 Å². The number of hydrogen-bond acceptors (Lipinski definition) is 4. The molecule has 4 rings (SSSR count). The first kappa shape index (κ1) is 22.8. The van der Waals surface area contributed by atoms with Crippen molar-refractivity contribution in [2.75, 3.05) is 18.4 Å². The first-order valence-corrected chi connectivity index (χ1v) is 10.9. The summed E-state index contributed by atoms with van der Waals surface area (Å²) in [5.41, 5.74) is 2.20. The molecule has 33 heavy (non-hydrogen) atoms. The van der Waals surface area contributed by atoms with Crippen LogP contribution in [0.1, 0.15) is 36.0 Å². The molecule has 172 valence electrons. The van der Waals surface area contributed by atoms with Gasteiger partial charge in [-0.15, -0.1) is 0 Å². The second-order valence-electron chi connectivity index (χ2n) is 8.42. The van der Waals surface area contributed by atoms with E-state index in [1.165, 1.54) is 23.9 Å². The van der Waals surface area contributed by atoms with Gasteiger partial charge in [0, 0.05) is 38.0 Å². The third-order valence-electron chi connectivity index (χ3n) is 6.12. The number of pyridine rings is 2. The lowest BCUT2D eigenvalue weighted by Crippen LogP contribution is -2.52.